The van der Waals surface area contributed by atoms with E-state index >= 15 is 0 Å². The summed E-state index contributed by atoms with van der Waals surface area (Å²) >= 11 is 0. The highest BCUT2D eigenvalue weighted by molar-refractivity contribution is 5.96. The summed E-state index contributed by atoms with van der Waals surface area (Å²) < 4.78 is 10.0. The number of hydrazine groups is 1. The molecule has 0 fully saturated rings. The molecule has 2 rings (SSSR count). The number of hydrogen-bond acceptors (Lipinski definition) is 7. The molecule has 0 spiro atoms. The maximum absolute atomic E-state index is 13.1. The molecule has 0 aromatic heterocycles. The van der Waals surface area contributed by atoms with Crippen LogP contribution in [0.5, 0.6) is 5.75 Å². The summed E-state index contributed by atoms with van der Waals surface area (Å²) in [4.78, 5) is 39.0. The van der Waals surface area contributed by atoms with Crippen LogP contribution in [0.3, 0.4) is 0 Å². The first-order valence-electron chi connectivity index (χ1n) is 9.69. The lowest BCUT2D eigenvalue weighted by atomic mass is 10.0. The molecule has 0 heterocycles. The van der Waals surface area contributed by atoms with E-state index in [4.69, 9.17) is 9.47 Å². The molecule has 0 radical (unpaired) electrons. The van der Waals surface area contributed by atoms with Crippen LogP contribution in [0.4, 0.5) is 15.3 Å². The predicted octanol–water partition coefficient (Wildman–Crippen LogP) is 3.39. The van der Waals surface area contributed by atoms with Gasteiger partial charge in [0.05, 0.1) is 5.69 Å². The van der Waals surface area contributed by atoms with Gasteiger partial charge >= 0.3 is 12.2 Å². The molecule has 0 saturated carbocycles. The first-order chi connectivity index (χ1) is 15.5. The van der Waals surface area contributed by atoms with E-state index in [0.717, 1.165) is 0 Å². The second kappa shape index (κ2) is 12.4. The molecule has 32 heavy (non-hydrogen) atoms. The third kappa shape index (κ3) is 7.21. The molecule has 168 valence electrons. The molecule has 0 aliphatic heterocycles. The first-order valence-corrected chi connectivity index (χ1v) is 9.69. The van der Waals surface area contributed by atoms with Crippen molar-refractivity contribution in [2.24, 2.45) is 0 Å². The van der Waals surface area contributed by atoms with Gasteiger partial charge in [0.25, 0.3) is 5.91 Å². The van der Waals surface area contributed by atoms with Crippen LogP contribution in [-0.2, 0) is 20.7 Å². The highest BCUT2D eigenvalue weighted by atomic mass is 16.6. The topological polar surface area (TPSA) is 117 Å². The number of carbonyl (C=O) groups excluding carboxylic acids is 3. The fraction of sp³-hybridized carbons (Fsp3) is 0.174. The van der Waals surface area contributed by atoms with Crippen molar-refractivity contribution >= 4 is 23.8 Å². The van der Waals surface area contributed by atoms with Crippen LogP contribution in [0.15, 0.2) is 79.9 Å². The lowest BCUT2D eigenvalue weighted by Crippen LogP contribution is -2.54. The largest absolute Gasteiger partial charge is 0.508 e. The fourth-order valence-corrected chi connectivity index (χ4v) is 2.62. The van der Waals surface area contributed by atoms with Gasteiger partial charge in [0, 0.05) is 6.42 Å². The molecule has 9 nitrogen and oxygen atoms in total. The number of nitrogens with one attached hydrogen (secondary N) is 2. The standard InChI is InChI=1S/C23H25N3O6/c1-3-14-31-22(29)26(23(30)32-15-4-2)20(16-17-10-12-19(27)13-11-17)21(28)25-24-18-8-6-5-7-9-18/h3-13,20,24,27H,1-2,14-16H2,(H,25,28)/t20-/m1/s1. The van der Waals surface area contributed by atoms with Gasteiger partial charge in [-0.15, -0.1) is 0 Å². The second-order valence-electron chi connectivity index (χ2n) is 6.47. The van der Waals surface area contributed by atoms with Crippen LogP contribution in [0, 0.1) is 0 Å². The zero-order valence-corrected chi connectivity index (χ0v) is 17.4. The second-order valence-corrected chi connectivity index (χ2v) is 6.47. The average molecular weight is 439 g/mol. The van der Waals surface area contributed by atoms with Crippen molar-refractivity contribution in [3.8, 4) is 5.75 Å². The molecule has 3 N–H and O–H groups in total. The molecule has 3 amide bonds. The Bertz CT molecular complexity index is 907. The van der Waals surface area contributed by atoms with Crippen LogP contribution in [0.2, 0.25) is 0 Å². The third-order valence-corrected chi connectivity index (χ3v) is 4.13. The van der Waals surface area contributed by atoms with E-state index in [2.05, 4.69) is 24.0 Å². The Morgan fingerprint density at radius 2 is 1.50 bits per heavy atom. The fourth-order valence-electron chi connectivity index (χ4n) is 2.62. The van der Waals surface area contributed by atoms with Crippen LogP contribution in [0.25, 0.3) is 0 Å². The van der Waals surface area contributed by atoms with Crippen LogP contribution >= 0.6 is 0 Å². The van der Waals surface area contributed by atoms with Crippen molar-refractivity contribution in [1.82, 2.24) is 10.3 Å². The van der Waals surface area contributed by atoms with Gasteiger partial charge in [-0.3, -0.25) is 15.6 Å². The number of carbonyl (C=O) groups is 3. The third-order valence-electron chi connectivity index (χ3n) is 4.13. The Balaban J connectivity index is 2.32. The molecule has 1 atom stereocenters. The monoisotopic (exact) mass is 439 g/mol. The number of ether oxygens (including phenoxy) is 2. The van der Waals surface area contributed by atoms with Gasteiger partial charge < -0.3 is 14.6 Å². The minimum atomic E-state index is -1.33. The molecule has 2 aromatic rings. The van der Waals surface area contributed by atoms with Gasteiger partial charge in [-0.25, -0.2) is 9.59 Å². The Kier molecular flexibility index (Phi) is 9.32. The Morgan fingerprint density at radius 1 is 0.938 bits per heavy atom. The number of para-hydroxylation sites is 1. The number of aromatic hydroxyl groups is 1. The number of benzene rings is 2. The number of imide groups is 1. The number of phenolic OH excluding ortho intramolecular Hbond substituents is 1. The smallest absolute Gasteiger partial charge is 0.420 e. The highest BCUT2D eigenvalue weighted by Gasteiger charge is 2.37. The zero-order valence-electron chi connectivity index (χ0n) is 17.4. The van der Waals surface area contributed by atoms with Crippen LogP contribution in [-0.4, -0.2) is 47.4 Å². The van der Waals surface area contributed by atoms with Gasteiger partial charge in [-0.2, -0.15) is 4.90 Å². The minimum Gasteiger partial charge on any atom is -0.508 e. The first kappa shape index (κ1) is 24.0. The summed E-state index contributed by atoms with van der Waals surface area (Å²) in [6, 6.07) is 13.5. The number of amides is 3. The summed E-state index contributed by atoms with van der Waals surface area (Å²) in [6.45, 7) is 6.60. The molecule has 9 heteroatoms. The molecule has 0 saturated heterocycles. The van der Waals surface area contributed by atoms with Gasteiger partial charge in [0.2, 0.25) is 0 Å². The molecular formula is C23H25N3O6. The number of anilines is 1. The summed E-state index contributed by atoms with van der Waals surface area (Å²) in [7, 11) is 0. The van der Waals surface area contributed by atoms with Crippen LogP contribution in [0.1, 0.15) is 5.56 Å². The molecule has 0 aliphatic rings. The molecule has 0 bridgehead atoms. The normalized spacial score (nSPS) is 10.9. The van der Waals surface area contributed by atoms with Crippen molar-refractivity contribution in [3.63, 3.8) is 0 Å². The van der Waals surface area contributed by atoms with Crippen molar-refractivity contribution in [2.45, 2.75) is 12.5 Å². The van der Waals surface area contributed by atoms with E-state index in [1.165, 1.54) is 24.3 Å². The summed E-state index contributed by atoms with van der Waals surface area (Å²) in [5.41, 5.74) is 6.41. The predicted molar refractivity (Wildman–Crippen MR) is 119 cm³/mol. The Morgan fingerprint density at radius 3 is 2.03 bits per heavy atom. The number of phenols is 1. The van der Waals surface area contributed by atoms with E-state index in [9.17, 15) is 19.5 Å². The van der Waals surface area contributed by atoms with Crippen LogP contribution < -0.4 is 10.9 Å². The average Bonchev–Trinajstić information content (AvgIpc) is 2.81. The van der Waals surface area contributed by atoms with Crippen molar-refractivity contribution in [2.75, 3.05) is 18.6 Å². The molecule has 0 aliphatic carbocycles. The lowest BCUT2D eigenvalue weighted by molar-refractivity contribution is -0.125. The quantitative estimate of drug-likeness (QED) is 0.384. The zero-order chi connectivity index (χ0) is 23.3. The van der Waals surface area contributed by atoms with Crippen molar-refractivity contribution in [1.29, 1.82) is 0 Å². The van der Waals surface area contributed by atoms with E-state index in [1.807, 2.05) is 6.07 Å². The Hall–Kier alpha value is -4.27. The maximum atomic E-state index is 13.1. The molecule has 0 unspecified atom stereocenters. The van der Waals surface area contributed by atoms with Gasteiger partial charge in [-0.1, -0.05) is 55.6 Å². The van der Waals surface area contributed by atoms with E-state index in [0.29, 0.717) is 16.2 Å². The minimum absolute atomic E-state index is 0.0353. The number of hydrogen-bond donors (Lipinski definition) is 3. The SMILES string of the molecule is C=CCOC(=O)N(C(=O)OCC=C)[C@H](Cc1ccc(O)cc1)C(=O)NNc1ccccc1. The summed E-state index contributed by atoms with van der Waals surface area (Å²) in [6.07, 6.45) is 0.457. The lowest BCUT2D eigenvalue weighted by Gasteiger charge is -2.28. The van der Waals surface area contributed by atoms with Gasteiger partial charge in [0.15, 0.2) is 0 Å². The summed E-state index contributed by atoms with van der Waals surface area (Å²) in [5.74, 6) is -0.652. The van der Waals surface area contributed by atoms with Crippen molar-refractivity contribution < 1.29 is 29.0 Å². The van der Waals surface area contributed by atoms with E-state index in [-0.39, 0.29) is 25.4 Å². The van der Waals surface area contributed by atoms with E-state index in [1.54, 1.807) is 36.4 Å². The van der Waals surface area contributed by atoms with Gasteiger partial charge in [-0.05, 0) is 29.8 Å². The molecule has 2 aromatic carbocycles. The molecular weight excluding hydrogens is 414 g/mol. The van der Waals surface area contributed by atoms with Gasteiger partial charge in [0.1, 0.15) is 25.0 Å². The highest BCUT2D eigenvalue weighted by Crippen LogP contribution is 2.16. The maximum Gasteiger partial charge on any atom is 0.420 e. The number of rotatable bonds is 10. The van der Waals surface area contributed by atoms with Crippen molar-refractivity contribution in [3.05, 3.63) is 85.5 Å². The Labute approximate surface area is 185 Å². The van der Waals surface area contributed by atoms with E-state index < -0.39 is 24.1 Å². The summed E-state index contributed by atoms with van der Waals surface area (Å²) in [5, 5.41) is 9.52. The number of nitrogens with zero attached hydrogens (tertiary/aromatic N) is 1.